The molecular formula is C8H13NO4. The molecule has 0 saturated carbocycles. The van der Waals surface area contributed by atoms with Crippen molar-refractivity contribution in [1.82, 2.24) is 5.32 Å². The molecule has 0 aliphatic carbocycles. The monoisotopic (exact) mass is 187 g/mol. The minimum atomic E-state index is -0.780. The average Bonchev–Trinajstić information content (AvgIpc) is 2.35. The second-order valence-corrected chi connectivity index (χ2v) is 3.83. The number of aliphatic hydroxyl groups excluding tert-OH is 1. The second-order valence-electron chi connectivity index (χ2n) is 3.83. The van der Waals surface area contributed by atoms with Crippen molar-refractivity contribution in [2.24, 2.45) is 0 Å². The van der Waals surface area contributed by atoms with Crippen LogP contribution in [0.5, 0.6) is 0 Å². The fourth-order valence-electron chi connectivity index (χ4n) is 1.70. The van der Waals surface area contributed by atoms with E-state index in [1.54, 1.807) is 13.8 Å². The maximum Gasteiger partial charge on any atom is 0.252 e. The van der Waals surface area contributed by atoms with Gasteiger partial charge in [0.05, 0.1) is 0 Å². The standard InChI is InChI=1S/C8H13NO4/c1-8(2)12-5-4(10)3-9-7(11)6(5)13-8/h4-6,10H,3H2,1-2H3,(H,9,11). The third-order valence-electron chi connectivity index (χ3n) is 2.25. The molecule has 13 heavy (non-hydrogen) atoms. The molecular weight excluding hydrogens is 174 g/mol. The van der Waals surface area contributed by atoms with Gasteiger partial charge in [0.1, 0.15) is 12.2 Å². The zero-order chi connectivity index (χ0) is 9.64. The van der Waals surface area contributed by atoms with Gasteiger partial charge in [0.25, 0.3) is 5.91 Å². The number of fused-ring (bicyclic) bond motifs is 1. The number of aliphatic hydroxyl groups is 1. The highest BCUT2D eigenvalue weighted by atomic mass is 16.8. The minimum absolute atomic E-state index is 0.208. The van der Waals surface area contributed by atoms with Crippen molar-refractivity contribution in [2.45, 2.75) is 37.9 Å². The molecule has 0 bridgehead atoms. The molecule has 1 amide bonds. The van der Waals surface area contributed by atoms with Crippen LogP contribution < -0.4 is 5.32 Å². The van der Waals surface area contributed by atoms with Gasteiger partial charge in [0.15, 0.2) is 11.9 Å². The largest absolute Gasteiger partial charge is 0.388 e. The Morgan fingerprint density at radius 3 is 2.85 bits per heavy atom. The van der Waals surface area contributed by atoms with Gasteiger partial charge in [-0.05, 0) is 13.8 Å². The number of piperidine rings is 1. The molecule has 2 saturated heterocycles. The van der Waals surface area contributed by atoms with Crippen LogP contribution in [0.4, 0.5) is 0 Å². The molecule has 74 valence electrons. The summed E-state index contributed by atoms with van der Waals surface area (Å²) in [5, 5.41) is 12.1. The van der Waals surface area contributed by atoms with Gasteiger partial charge >= 0.3 is 0 Å². The first kappa shape index (κ1) is 8.93. The van der Waals surface area contributed by atoms with Gasteiger partial charge in [-0.15, -0.1) is 0 Å². The van der Waals surface area contributed by atoms with Crippen molar-refractivity contribution in [2.75, 3.05) is 6.54 Å². The number of ether oxygens (including phenoxy) is 2. The molecule has 2 heterocycles. The van der Waals surface area contributed by atoms with E-state index in [-0.39, 0.29) is 12.5 Å². The quantitative estimate of drug-likeness (QED) is 0.510. The Kier molecular flexibility index (Phi) is 1.83. The Morgan fingerprint density at radius 1 is 1.54 bits per heavy atom. The van der Waals surface area contributed by atoms with Gasteiger partial charge < -0.3 is 19.9 Å². The number of nitrogens with one attached hydrogen (secondary N) is 1. The van der Waals surface area contributed by atoms with Crippen LogP contribution in [0.2, 0.25) is 0 Å². The molecule has 0 aromatic carbocycles. The van der Waals surface area contributed by atoms with Crippen molar-refractivity contribution in [3.05, 3.63) is 0 Å². The van der Waals surface area contributed by atoms with E-state index < -0.39 is 24.1 Å². The summed E-state index contributed by atoms with van der Waals surface area (Å²) in [7, 11) is 0. The molecule has 0 aromatic heterocycles. The molecule has 0 spiro atoms. The summed E-state index contributed by atoms with van der Waals surface area (Å²) in [4.78, 5) is 11.3. The highest BCUT2D eigenvalue weighted by molar-refractivity contribution is 5.82. The van der Waals surface area contributed by atoms with Gasteiger partial charge in [-0.25, -0.2) is 0 Å². The summed E-state index contributed by atoms with van der Waals surface area (Å²) < 4.78 is 10.7. The van der Waals surface area contributed by atoms with Crippen LogP contribution in [-0.4, -0.2) is 41.7 Å². The lowest BCUT2D eigenvalue weighted by Gasteiger charge is -2.27. The summed E-state index contributed by atoms with van der Waals surface area (Å²) in [6, 6.07) is 0. The van der Waals surface area contributed by atoms with E-state index in [1.807, 2.05) is 0 Å². The van der Waals surface area contributed by atoms with Crippen LogP contribution in [0, 0.1) is 0 Å². The van der Waals surface area contributed by atoms with Crippen LogP contribution in [0.3, 0.4) is 0 Å². The lowest BCUT2D eigenvalue weighted by atomic mass is 10.0. The van der Waals surface area contributed by atoms with Crippen LogP contribution in [0.1, 0.15) is 13.8 Å². The van der Waals surface area contributed by atoms with Gasteiger partial charge in [0.2, 0.25) is 0 Å². The van der Waals surface area contributed by atoms with Crippen molar-refractivity contribution in [1.29, 1.82) is 0 Å². The SMILES string of the molecule is CC1(C)OC2C(=O)NCC(O)C2O1. The number of amides is 1. The first-order valence-electron chi connectivity index (χ1n) is 4.31. The van der Waals surface area contributed by atoms with Crippen molar-refractivity contribution >= 4 is 5.91 Å². The molecule has 2 fully saturated rings. The third-order valence-corrected chi connectivity index (χ3v) is 2.25. The van der Waals surface area contributed by atoms with E-state index in [4.69, 9.17) is 9.47 Å². The Hall–Kier alpha value is -0.650. The number of hydrogen-bond acceptors (Lipinski definition) is 4. The highest BCUT2D eigenvalue weighted by Crippen LogP contribution is 2.31. The van der Waals surface area contributed by atoms with Crippen molar-refractivity contribution < 1.29 is 19.4 Å². The van der Waals surface area contributed by atoms with Gasteiger partial charge in [-0.1, -0.05) is 0 Å². The smallest absolute Gasteiger partial charge is 0.252 e. The van der Waals surface area contributed by atoms with E-state index in [2.05, 4.69) is 5.32 Å². The average molecular weight is 187 g/mol. The van der Waals surface area contributed by atoms with Crippen LogP contribution in [0.25, 0.3) is 0 Å². The number of hydrogen-bond donors (Lipinski definition) is 2. The first-order valence-corrected chi connectivity index (χ1v) is 4.31. The fourth-order valence-corrected chi connectivity index (χ4v) is 1.70. The molecule has 0 radical (unpaired) electrons. The highest BCUT2D eigenvalue weighted by Gasteiger charge is 2.50. The van der Waals surface area contributed by atoms with Gasteiger partial charge in [-0.3, -0.25) is 4.79 Å². The molecule has 2 aliphatic heterocycles. The predicted octanol–water partition coefficient (Wildman–Crippen LogP) is -1.00. The van der Waals surface area contributed by atoms with Crippen LogP contribution >= 0.6 is 0 Å². The summed E-state index contributed by atoms with van der Waals surface area (Å²) in [6.07, 6.45) is -1.87. The lowest BCUT2D eigenvalue weighted by molar-refractivity contribution is -0.156. The number of β-amino-alcohol motifs (C(OH)–C–C–N with tert-alkyl or cyclic N) is 1. The van der Waals surface area contributed by atoms with Crippen molar-refractivity contribution in [3.8, 4) is 0 Å². The summed E-state index contributed by atoms with van der Waals surface area (Å²) in [5.74, 6) is -0.987. The number of carbonyl (C=O) groups excluding carboxylic acids is 1. The summed E-state index contributed by atoms with van der Waals surface area (Å²) in [6.45, 7) is 3.69. The molecule has 3 unspecified atom stereocenters. The Bertz CT molecular complexity index is 240. The minimum Gasteiger partial charge on any atom is -0.388 e. The molecule has 5 heteroatoms. The molecule has 0 aromatic rings. The van der Waals surface area contributed by atoms with E-state index in [1.165, 1.54) is 0 Å². The zero-order valence-electron chi connectivity index (χ0n) is 7.61. The molecule has 2 N–H and O–H groups in total. The normalized spacial score (nSPS) is 42.7. The number of carbonyl (C=O) groups is 1. The Balaban J connectivity index is 2.19. The first-order chi connectivity index (χ1) is 5.99. The fraction of sp³-hybridized carbons (Fsp3) is 0.875. The summed E-state index contributed by atoms with van der Waals surface area (Å²) >= 11 is 0. The van der Waals surface area contributed by atoms with E-state index in [0.29, 0.717) is 0 Å². The zero-order valence-corrected chi connectivity index (χ0v) is 7.61. The van der Waals surface area contributed by atoms with Crippen molar-refractivity contribution in [3.63, 3.8) is 0 Å². The van der Waals surface area contributed by atoms with Gasteiger partial charge in [0, 0.05) is 6.54 Å². The van der Waals surface area contributed by atoms with Crippen LogP contribution in [-0.2, 0) is 14.3 Å². The predicted molar refractivity (Wildman–Crippen MR) is 42.8 cm³/mol. The topological polar surface area (TPSA) is 67.8 Å². The molecule has 2 aliphatic rings. The van der Waals surface area contributed by atoms with E-state index >= 15 is 0 Å². The Labute approximate surface area is 76.0 Å². The second kappa shape index (κ2) is 2.67. The van der Waals surface area contributed by atoms with Gasteiger partial charge in [-0.2, -0.15) is 0 Å². The number of rotatable bonds is 0. The lowest BCUT2D eigenvalue weighted by Crippen LogP contribution is -2.55. The maximum atomic E-state index is 11.3. The van der Waals surface area contributed by atoms with E-state index in [9.17, 15) is 9.90 Å². The summed E-state index contributed by atoms with van der Waals surface area (Å²) in [5.41, 5.74) is 0. The molecule has 5 nitrogen and oxygen atoms in total. The maximum absolute atomic E-state index is 11.3. The van der Waals surface area contributed by atoms with E-state index in [0.717, 1.165) is 0 Å². The van der Waals surface area contributed by atoms with Crippen LogP contribution in [0.15, 0.2) is 0 Å². The Morgan fingerprint density at radius 2 is 2.23 bits per heavy atom. The third kappa shape index (κ3) is 1.43. The molecule has 3 atom stereocenters. The molecule has 2 rings (SSSR count).